The summed E-state index contributed by atoms with van der Waals surface area (Å²) in [5, 5.41) is 3.70. The van der Waals surface area contributed by atoms with E-state index in [2.05, 4.69) is 20.7 Å². The number of fused-ring (bicyclic) bond motifs is 1. The molecule has 0 aliphatic heterocycles. The number of rotatable bonds is 5. The van der Waals surface area contributed by atoms with Crippen molar-refractivity contribution >= 4 is 33.3 Å². The number of thiophene rings is 1. The van der Waals surface area contributed by atoms with Gasteiger partial charge in [-0.15, -0.1) is 11.3 Å². The molecule has 0 bridgehead atoms. The first kappa shape index (κ1) is 14.8. The van der Waals surface area contributed by atoms with E-state index in [9.17, 15) is 13.2 Å². The monoisotopic (exact) mass is 305 g/mol. The fourth-order valence-electron chi connectivity index (χ4n) is 1.74. The largest absolute Gasteiger partial charge is 0.389 e. The highest BCUT2D eigenvalue weighted by molar-refractivity contribution is 7.18. The minimum absolute atomic E-state index is 0.0104. The molecule has 0 saturated carbocycles. The molecule has 0 saturated heterocycles. The molecule has 0 aliphatic carbocycles. The van der Waals surface area contributed by atoms with Crippen molar-refractivity contribution in [3.05, 3.63) is 10.9 Å². The Morgan fingerprint density at radius 3 is 2.75 bits per heavy atom. The van der Waals surface area contributed by atoms with Crippen LogP contribution in [0.4, 0.5) is 24.9 Å². The Morgan fingerprint density at radius 1 is 1.35 bits per heavy atom. The maximum atomic E-state index is 12.1. The minimum atomic E-state index is -4.13. The summed E-state index contributed by atoms with van der Waals surface area (Å²) in [5.74, 6) is 6.01. The number of nitrogens with one attached hydrogen (secondary N) is 2. The van der Waals surface area contributed by atoms with Crippen LogP contribution in [0.15, 0.2) is 6.07 Å². The van der Waals surface area contributed by atoms with Gasteiger partial charge in [-0.1, -0.05) is 0 Å². The van der Waals surface area contributed by atoms with Crippen LogP contribution in [0.5, 0.6) is 0 Å². The fraction of sp³-hybridized carbons (Fsp3) is 0.455. The maximum Gasteiger partial charge on any atom is 0.389 e. The van der Waals surface area contributed by atoms with Crippen molar-refractivity contribution in [2.24, 2.45) is 5.84 Å². The summed E-state index contributed by atoms with van der Waals surface area (Å²) in [6.07, 6.45) is -4.96. The van der Waals surface area contributed by atoms with Gasteiger partial charge < -0.3 is 5.32 Å². The van der Waals surface area contributed by atoms with Crippen LogP contribution in [0.2, 0.25) is 0 Å². The van der Waals surface area contributed by atoms with Crippen LogP contribution < -0.4 is 16.6 Å². The van der Waals surface area contributed by atoms with Crippen LogP contribution in [0.3, 0.4) is 0 Å². The van der Waals surface area contributed by atoms with E-state index in [4.69, 9.17) is 5.84 Å². The molecule has 0 aromatic carbocycles. The van der Waals surface area contributed by atoms with Gasteiger partial charge in [0.2, 0.25) is 5.95 Å². The number of hydrogen-bond acceptors (Lipinski definition) is 6. The summed E-state index contributed by atoms with van der Waals surface area (Å²) in [4.78, 5) is 10.1. The van der Waals surface area contributed by atoms with Crippen LogP contribution in [0.25, 0.3) is 10.2 Å². The van der Waals surface area contributed by atoms with Gasteiger partial charge >= 0.3 is 6.18 Å². The number of halogens is 3. The van der Waals surface area contributed by atoms with Crippen LogP contribution >= 0.6 is 11.3 Å². The zero-order valence-corrected chi connectivity index (χ0v) is 11.5. The molecule has 110 valence electrons. The summed E-state index contributed by atoms with van der Waals surface area (Å²) in [6, 6.07) is 1.90. The topological polar surface area (TPSA) is 75.9 Å². The van der Waals surface area contributed by atoms with Gasteiger partial charge in [0.1, 0.15) is 10.6 Å². The van der Waals surface area contributed by atoms with Gasteiger partial charge in [-0.3, -0.25) is 5.43 Å². The molecule has 2 aromatic heterocycles. The highest BCUT2D eigenvalue weighted by Gasteiger charge is 2.25. The summed E-state index contributed by atoms with van der Waals surface area (Å²) in [7, 11) is 0. The lowest BCUT2D eigenvalue weighted by Gasteiger charge is -2.09. The number of hydrogen-bond donors (Lipinski definition) is 3. The lowest BCUT2D eigenvalue weighted by molar-refractivity contribution is -0.134. The van der Waals surface area contributed by atoms with Crippen molar-refractivity contribution in [2.75, 3.05) is 17.3 Å². The van der Waals surface area contributed by atoms with Crippen molar-refractivity contribution in [1.29, 1.82) is 0 Å². The highest BCUT2D eigenvalue weighted by Crippen LogP contribution is 2.29. The number of anilines is 2. The van der Waals surface area contributed by atoms with E-state index in [0.717, 1.165) is 15.1 Å². The highest BCUT2D eigenvalue weighted by atomic mass is 32.1. The molecular weight excluding hydrogens is 291 g/mol. The average molecular weight is 305 g/mol. The number of aryl methyl sites for hydroxylation is 1. The Kier molecular flexibility index (Phi) is 4.29. The molecule has 20 heavy (non-hydrogen) atoms. The number of aromatic nitrogens is 2. The van der Waals surface area contributed by atoms with E-state index < -0.39 is 12.6 Å². The van der Waals surface area contributed by atoms with E-state index in [1.54, 1.807) is 0 Å². The fourth-order valence-corrected chi connectivity index (χ4v) is 2.62. The van der Waals surface area contributed by atoms with E-state index >= 15 is 0 Å². The number of nitrogens with two attached hydrogens (primary N) is 1. The maximum absolute atomic E-state index is 12.1. The lowest BCUT2D eigenvalue weighted by atomic mass is 10.3. The molecule has 0 unspecified atom stereocenters. The zero-order chi connectivity index (χ0) is 14.8. The second-order valence-electron chi connectivity index (χ2n) is 4.26. The Labute approximate surface area is 117 Å². The third-order valence-electron chi connectivity index (χ3n) is 2.57. The number of hydrazine groups is 1. The number of nitrogens with zero attached hydrogens (tertiary/aromatic N) is 2. The summed E-state index contributed by atoms with van der Waals surface area (Å²) in [6.45, 7) is 2.11. The first-order valence-electron chi connectivity index (χ1n) is 5.94. The first-order valence-corrected chi connectivity index (χ1v) is 6.76. The van der Waals surface area contributed by atoms with Crippen LogP contribution in [-0.4, -0.2) is 22.7 Å². The third kappa shape index (κ3) is 3.70. The van der Waals surface area contributed by atoms with Gasteiger partial charge in [-0.05, 0) is 19.4 Å². The number of nitrogen functional groups attached to an aromatic ring is 1. The molecule has 2 aromatic rings. The lowest BCUT2D eigenvalue weighted by Crippen LogP contribution is -2.14. The van der Waals surface area contributed by atoms with Gasteiger partial charge in [0, 0.05) is 17.8 Å². The first-order chi connectivity index (χ1) is 9.39. The second-order valence-corrected chi connectivity index (χ2v) is 5.50. The molecule has 2 heterocycles. The predicted octanol–water partition coefficient (Wildman–Crippen LogP) is 3.04. The second kappa shape index (κ2) is 5.80. The molecule has 0 atom stereocenters. The Balaban J connectivity index is 2.12. The van der Waals surface area contributed by atoms with Crippen molar-refractivity contribution in [1.82, 2.24) is 9.97 Å². The summed E-state index contributed by atoms with van der Waals surface area (Å²) >= 11 is 1.47. The predicted molar refractivity (Wildman–Crippen MR) is 73.7 cm³/mol. The molecule has 0 fully saturated rings. The zero-order valence-electron chi connectivity index (χ0n) is 10.7. The van der Waals surface area contributed by atoms with E-state index in [1.807, 2.05) is 13.0 Å². The van der Waals surface area contributed by atoms with E-state index in [-0.39, 0.29) is 18.9 Å². The van der Waals surface area contributed by atoms with Gasteiger partial charge in [0.05, 0.1) is 5.39 Å². The molecule has 0 radical (unpaired) electrons. The normalized spacial score (nSPS) is 11.8. The van der Waals surface area contributed by atoms with Crippen molar-refractivity contribution in [3.63, 3.8) is 0 Å². The van der Waals surface area contributed by atoms with Crippen LogP contribution in [-0.2, 0) is 0 Å². The quantitative estimate of drug-likeness (QED) is 0.450. The third-order valence-corrected chi connectivity index (χ3v) is 3.52. The smallest absolute Gasteiger partial charge is 0.369 e. The molecule has 9 heteroatoms. The van der Waals surface area contributed by atoms with Crippen LogP contribution in [0.1, 0.15) is 17.7 Å². The average Bonchev–Trinajstić information content (AvgIpc) is 2.73. The Bertz CT molecular complexity index is 595. The standard InChI is InChI=1S/C11H14F3N5S/c1-6-5-7-8(16-4-2-3-11(12,13)14)17-10(19-15)18-9(7)20-6/h5H,2-4,15H2,1H3,(H2,16,17,18,19). The molecule has 5 nitrogen and oxygen atoms in total. The SMILES string of the molecule is Cc1cc2c(NCCCC(F)(F)F)nc(NN)nc2s1. The number of alkyl halides is 3. The summed E-state index contributed by atoms with van der Waals surface area (Å²) < 4.78 is 36.2. The molecule has 0 aliphatic rings. The van der Waals surface area contributed by atoms with Crippen molar-refractivity contribution < 1.29 is 13.2 Å². The van der Waals surface area contributed by atoms with E-state index in [1.165, 1.54) is 11.3 Å². The Morgan fingerprint density at radius 2 is 2.10 bits per heavy atom. The molecular formula is C11H14F3N5S. The van der Waals surface area contributed by atoms with Crippen molar-refractivity contribution in [2.45, 2.75) is 25.9 Å². The van der Waals surface area contributed by atoms with E-state index in [0.29, 0.717) is 5.82 Å². The van der Waals surface area contributed by atoms with Gasteiger partial charge in [-0.25, -0.2) is 10.8 Å². The Hall–Kier alpha value is -1.61. The molecule has 0 spiro atoms. The molecule has 0 amide bonds. The van der Waals surface area contributed by atoms with Gasteiger partial charge in [0.15, 0.2) is 0 Å². The van der Waals surface area contributed by atoms with Crippen molar-refractivity contribution in [3.8, 4) is 0 Å². The molecule has 2 rings (SSSR count). The summed E-state index contributed by atoms with van der Waals surface area (Å²) in [5.41, 5.74) is 2.35. The molecule has 4 N–H and O–H groups in total. The van der Waals surface area contributed by atoms with Gasteiger partial charge in [-0.2, -0.15) is 18.2 Å². The van der Waals surface area contributed by atoms with Crippen LogP contribution in [0, 0.1) is 6.92 Å². The minimum Gasteiger partial charge on any atom is -0.369 e. The van der Waals surface area contributed by atoms with Gasteiger partial charge in [0.25, 0.3) is 0 Å².